The van der Waals surface area contributed by atoms with Crippen LogP contribution in [0.2, 0.25) is 0 Å². The molecule has 0 spiro atoms. The lowest BCUT2D eigenvalue weighted by molar-refractivity contribution is 0.264. The van der Waals surface area contributed by atoms with E-state index in [1.165, 1.54) is 11.1 Å². The molecule has 2 aromatic carbocycles. The molecule has 0 amide bonds. The van der Waals surface area contributed by atoms with E-state index in [0.29, 0.717) is 0 Å². The van der Waals surface area contributed by atoms with Crippen LogP contribution >= 0.6 is 0 Å². The van der Waals surface area contributed by atoms with Gasteiger partial charge < -0.3 is 9.84 Å². The number of rotatable bonds is 5. The average molecular weight is 256 g/mol. The van der Waals surface area contributed by atoms with Gasteiger partial charge in [0, 0.05) is 5.92 Å². The number of aliphatic hydroxyl groups excluding tert-OH is 1. The molecule has 0 aliphatic heterocycles. The van der Waals surface area contributed by atoms with Crippen LogP contribution in [0.4, 0.5) is 0 Å². The largest absolute Gasteiger partial charge is 0.497 e. The van der Waals surface area contributed by atoms with Crippen LogP contribution in [-0.4, -0.2) is 18.8 Å². The standard InChI is InChI=1S/C17H20O2/c1-13-6-3-4-7-14(13)10-16(12-18)15-8-5-9-17(11-15)19-2/h3-9,11,16,18H,10,12H2,1-2H3. The number of hydrogen-bond donors (Lipinski definition) is 1. The zero-order valence-electron chi connectivity index (χ0n) is 11.5. The second-order valence-electron chi connectivity index (χ2n) is 4.79. The minimum absolute atomic E-state index is 0.108. The quantitative estimate of drug-likeness (QED) is 0.889. The van der Waals surface area contributed by atoms with Gasteiger partial charge in [-0.1, -0.05) is 36.4 Å². The van der Waals surface area contributed by atoms with Gasteiger partial charge in [-0.15, -0.1) is 0 Å². The summed E-state index contributed by atoms with van der Waals surface area (Å²) in [5.41, 5.74) is 3.67. The molecule has 2 aromatic rings. The maximum atomic E-state index is 9.65. The highest BCUT2D eigenvalue weighted by Crippen LogP contribution is 2.25. The van der Waals surface area contributed by atoms with Crippen molar-refractivity contribution in [2.75, 3.05) is 13.7 Å². The van der Waals surface area contributed by atoms with Crippen molar-refractivity contribution < 1.29 is 9.84 Å². The van der Waals surface area contributed by atoms with Crippen LogP contribution < -0.4 is 4.74 Å². The summed E-state index contributed by atoms with van der Waals surface area (Å²) in [6.45, 7) is 2.25. The first kappa shape index (κ1) is 13.6. The normalized spacial score (nSPS) is 12.2. The molecule has 1 N–H and O–H groups in total. The third kappa shape index (κ3) is 3.36. The molecule has 0 bridgehead atoms. The van der Waals surface area contributed by atoms with Crippen LogP contribution in [0.5, 0.6) is 5.75 Å². The Morgan fingerprint density at radius 2 is 1.89 bits per heavy atom. The van der Waals surface area contributed by atoms with Crippen molar-refractivity contribution in [3.05, 3.63) is 65.2 Å². The summed E-state index contributed by atoms with van der Waals surface area (Å²) in [6, 6.07) is 16.2. The van der Waals surface area contributed by atoms with Gasteiger partial charge in [0.2, 0.25) is 0 Å². The summed E-state index contributed by atoms with van der Waals surface area (Å²) < 4.78 is 5.24. The SMILES string of the molecule is COc1cccc(C(CO)Cc2ccccc2C)c1. The summed E-state index contributed by atoms with van der Waals surface area (Å²) in [4.78, 5) is 0. The van der Waals surface area contributed by atoms with E-state index >= 15 is 0 Å². The molecule has 0 aromatic heterocycles. The van der Waals surface area contributed by atoms with Gasteiger partial charge in [0.15, 0.2) is 0 Å². The molecule has 2 nitrogen and oxygen atoms in total. The van der Waals surface area contributed by atoms with Crippen molar-refractivity contribution in [2.45, 2.75) is 19.3 Å². The number of hydrogen-bond acceptors (Lipinski definition) is 2. The Balaban J connectivity index is 2.22. The van der Waals surface area contributed by atoms with E-state index in [1.54, 1.807) is 7.11 Å². The average Bonchev–Trinajstić information content (AvgIpc) is 2.46. The molecule has 0 saturated carbocycles. The van der Waals surface area contributed by atoms with Crippen molar-refractivity contribution in [1.82, 2.24) is 0 Å². The van der Waals surface area contributed by atoms with E-state index < -0.39 is 0 Å². The van der Waals surface area contributed by atoms with Crippen LogP contribution in [0, 0.1) is 6.92 Å². The fourth-order valence-electron chi connectivity index (χ4n) is 2.29. The van der Waals surface area contributed by atoms with Gasteiger partial charge in [-0.25, -0.2) is 0 Å². The zero-order valence-corrected chi connectivity index (χ0v) is 11.5. The highest BCUT2D eigenvalue weighted by atomic mass is 16.5. The number of ether oxygens (including phenoxy) is 1. The van der Waals surface area contributed by atoms with Gasteiger partial charge >= 0.3 is 0 Å². The molecular formula is C17H20O2. The Bertz CT molecular complexity index is 534. The highest BCUT2D eigenvalue weighted by Gasteiger charge is 2.13. The third-order valence-electron chi connectivity index (χ3n) is 3.51. The summed E-state index contributed by atoms with van der Waals surface area (Å²) in [5.74, 6) is 0.942. The Labute approximate surface area is 114 Å². The van der Waals surface area contributed by atoms with Gasteiger partial charge in [0.05, 0.1) is 13.7 Å². The van der Waals surface area contributed by atoms with Crippen LogP contribution in [0.15, 0.2) is 48.5 Å². The van der Waals surface area contributed by atoms with Crippen molar-refractivity contribution in [2.24, 2.45) is 0 Å². The molecule has 1 unspecified atom stereocenters. The van der Waals surface area contributed by atoms with E-state index in [9.17, 15) is 5.11 Å². The van der Waals surface area contributed by atoms with Crippen molar-refractivity contribution in [1.29, 1.82) is 0 Å². The van der Waals surface area contributed by atoms with Crippen LogP contribution in [0.1, 0.15) is 22.6 Å². The van der Waals surface area contributed by atoms with E-state index in [0.717, 1.165) is 17.7 Å². The zero-order chi connectivity index (χ0) is 13.7. The van der Waals surface area contributed by atoms with Gasteiger partial charge in [0.1, 0.15) is 5.75 Å². The second-order valence-corrected chi connectivity index (χ2v) is 4.79. The molecule has 0 fully saturated rings. The molecule has 100 valence electrons. The minimum Gasteiger partial charge on any atom is -0.497 e. The monoisotopic (exact) mass is 256 g/mol. The number of benzene rings is 2. The predicted molar refractivity (Wildman–Crippen MR) is 77.7 cm³/mol. The molecule has 1 atom stereocenters. The first-order chi connectivity index (χ1) is 9.24. The molecule has 0 aliphatic carbocycles. The summed E-state index contributed by atoms with van der Waals surface area (Å²) in [6.07, 6.45) is 0.844. The first-order valence-corrected chi connectivity index (χ1v) is 6.54. The lowest BCUT2D eigenvalue weighted by atomic mass is 9.91. The Morgan fingerprint density at radius 1 is 1.11 bits per heavy atom. The van der Waals surface area contributed by atoms with Crippen LogP contribution in [-0.2, 0) is 6.42 Å². The van der Waals surface area contributed by atoms with Gasteiger partial charge in [-0.2, -0.15) is 0 Å². The molecule has 0 radical (unpaired) electrons. The first-order valence-electron chi connectivity index (χ1n) is 6.54. The number of aliphatic hydroxyl groups is 1. The molecule has 19 heavy (non-hydrogen) atoms. The molecule has 2 heteroatoms. The lowest BCUT2D eigenvalue weighted by Crippen LogP contribution is -2.08. The lowest BCUT2D eigenvalue weighted by Gasteiger charge is -2.17. The van der Waals surface area contributed by atoms with E-state index in [4.69, 9.17) is 4.74 Å². The van der Waals surface area contributed by atoms with Gasteiger partial charge in [0.25, 0.3) is 0 Å². The van der Waals surface area contributed by atoms with E-state index in [1.807, 2.05) is 36.4 Å². The van der Waals surface area contributed by atoms with Crippen molar-refractivity contribution >= 4 is 0 Å². The van der Waals surface area contributed by atoms with E-state index in [2.05, 4.69) is 19.1 Å². The van der Waals surface area contributed by atoms with E-state index in [-0.39, 0.29) is 12.5 Å². The molecule has 2 rings (SSSR count). The van der Waals surface area contributed by atoms with Gasteiger partial charge in [-0.05, 0) is 42.2 Å². The van der Waals surface area contributed by atoms with Gasteiger partial charge in [-0.3, -0.25) is 0 Å². The van der Waals surface area contributed by atoms with Crippen molar-refractivity contribution in [3.8, 4) is 5.75 Å². The number of methoxy groups -OCH3 is 1. The maximum absolute atomic E-state index is 9.65. The molecule has 0 heterocycles. The molecular weight excluding hydrogens is 236 g/mol. The Hall–Kier alpha value is -1.80. The molecule has 0 aliphatic rings. The summed E-state index contributed by atoms with van der Waals surface area (Å²) >= 11 is 0. The van der Waals surface area contributed by atoms with Crippen LogP contribution in [0.3, 0.4) is 0 Å². The Kier molecular flexibility index (Phi) is 4.58. The third-order valence-corrected chi connectivity index (χ3v) is 3.51. The maximum Gasteiger partial charge on any atom is 0.119 e. The molecule has 0 saturated heterocycles. The van der Waals surface area contributed by atoms with Crippen LogP contribution in [0.25, 0.3) is 0 Å². The fourth-order valence-corrected chi connectivity index (χ4v) is 2.29. The minimum atomic E-state index is 0.108. The summed E-state index contributed by atoms with van der Waals surface area (Å²) in [5, 5.41) is 9.65. The van der Waals surface area contributed by atoms with Crippen molar-refractivity contribution in [3.63, 3.8) is 0 Å². The fraction of sp³-hybridized carbons (Fsp3) is 0.294. The topological polar surface area (TPSA) is 29.5 Å². The summed E-state index contributed by atoms with van der Waals surface area (Å²) in [7, 11) is 1.66. The number of aryl methyl sites for hydroxylation is 1. The second kappa shape index (κ2) is 6.39. The Morgan fingerprint density at radius 3 is 2.58 bits per heavy atom. The predicted octanol–water partition coefficient (Wildman–Crippen LogP) is 3.32. The smallest absolute Gasteiger partial charge is 0.119 e. The highest BCUT2D eigenvalue weighted by molar-refractivity contribution is 5.33.